The summed E-state index contributed by atoms with van der Waals surface area (Å²) in [4.78, 5) is 4.00. The van der Waals surface area contributed by atoms with Gasteiger partial charge in [-0.1, -0.05) is 22.0 Å². The van der Waals surface area contributed by atoms with Crippen LogP contribution in [0.3, 0.4) is 0 Å². The Labute approximate surface area is 121 Å². The molecule has 0 saturated heterocycles. The molecule has 3 nitrogen and oxygen atoms in total. The standard InChI is InChI=1S/C15H17BrN2O/c16-15-10-14(4-3-13(15)11-17)19-9-1-2-12-5-7-18-8-6-12/h3-8,10H,1-2,9,11,17H2. The summed E-state index contributed by atoms with van der Waals surface area (Å²) in [5.74, 6) is 0.874. The summed E-state index contributed by atoms with van der Waals surface area (Å²) >= 11 is 3.49. The fraction of sp³-hybridized carbons (Fsp3) is 0.267. The number of benzene rings is 1. The minimum Gasteiger partial charge on any atom is -0.494 e. The van der Waals surface area contributed by atoms with Gasteiger partial charge in [-0.2, -0.15) is 0 Å². The van der Waals surface area contributed by atoms with E-state index in [1.54, 1.807) is 0 Å². The van der Waals surface area contributed by atoms with Gasteiger partial charge < -0.3 is 10.5 Å². The molecule has 0 amide bonds. The molecule has 0 bridgehead atoms. The zero-order valence-corrected chi connectivity index (χ0v) is 12.3. The lowest BCUT2D eigenvalue weighted by molar-refractivity contribution is 0.310. The molecule has 2 N–H and O–H groups in total. The van der Waals surface area contributed by atoms with Crippen LogP contribution in [0.2, 0.25) is 0 Å². The third kappa shape index (κ3) is 4.33. The summed E-state index contributed by atoms with van der Waals surface area (Å²) < 4.78 is 6.72. The molecule has 19 heavy (non-hydrogen) atoms. The van der Waals surface area contributed by atoms with Gasteiger partial charge in [0.2, 0.25) is 0 Å². The number of ether oxygens (including phenoxy) is 1. The highest BCUT2D eigenvalue weighted by atomic mass is 79.9. The molecule has 1 aromatic heterocycles. The van der Waals surface area contributed by atoms with E-state index < -0.39 is 0 Å². The van der Waals surface area contributed by atoms with Crippen LogP contribution >= 0.6 is 15.9 Å². The highest BCUT2D eigenvalue weighted by Crippen LogP contribution is 2.22. The second-order valence-corrected chi connectivity index (χ2v) is 5.12. The number of aryl methyl sites for hydroxylation is 1. The van der Waals surface area contributed by atoms with E-state index in [1.807, 2.05) is 42.7 Å². The normalized spacial score (nSPS) is 10.4. The molecule has 2 aromatic rings. The maximum Gasteiger partial charge on any atom is 0.120 e. The molecule has 0 fully saturated rings. The number of hydrogen-bond donors (Lipinski definition) is 1. The van der Waals surface area contributed by atoms with Gasteiger partial charge >= 0.3 is 0 Å². The summed E-state index contributed by atoms with van der Waals surface area (Å²) in [7, 11) is 0. The average Bonchev–Trinajstić information content (AvgIpc) is 2.45. The largest absolute Gasteiger partial charge is 0.494 e. The van der Waals surface area contributed by atoms with E-state index in [0.29, 0.717) is 13.2 Å². The number of pyridine rings is 1. The molecule has 0 spiro atoms. The second kappa shape index (κ2) is 7.26. The lowest BCUT2D eigenvalue weighted by atomic mass is 10.1. The molecule has 0 saturated carbocycles. The molecule has 0 aliphatic carbocycles. The topological polar surface area (TPSA) is 48.1 Å². The van der Waals surface area contributed by atoms with E-state index in [1.165, 1.54) is 5.56 Å². The molecule has 4 heteroatoms. The van der Waals surface area contributed by atoms with Crippen molar-refractivity contribution in [3.63, 3.8) is 0 Å². The monoisotopic (exact) mass is 320 g/mol. The van der Waals surface area contributed by atoms with Gasteiger partial charge in [-0.05, 0) is 48.2 Å². The SMILES string of the molecule is NCc1ccc(OCCCc2ccncc2)cc1Br. The van der Waals surface area contributed by atoms with Gasteiger partial charge in [-0.25, -0.2) is 0 Å². The number of nitrogens with two attached hydrogens (primary N) is 1. The third-order valence-electron chi connectivity index (χ3n) is 2.87. The van der Waals surface area contributed by atoms with E-state index in [-0.39, 0.29) is 0 Å². The first-order chi connectivity index (χ1) is 9.29. The highest BCUT2D eigenvalue weighted by molar-refractivity contribution is 9.10. The van der Waals surface area contributed by atoms with Crippen LogP contribution in [0.25, 0.3) is 0 Å². The van der Waals surface area contributed by atoms with Gasteiger partial charge in [0.15, 0.2) is 0 Å². The predicted molar refractivity (Wildman–Crippen MR) is 80.1 cm³/mol. The van der Waals surface area contributed by atoms with Gasteiger partial charge in [0.25, 0.3) is 0 Å². The molecule has 1 heterocycles. The Morgan fingerprint density at radius 1 is 1.16 bits per heavy atom. The molecule has 2 rings (SSSR count). The Kier molecular flexibility index (Phi) is 5.36. The van der Waals surface area contributed by atoms with Crippen LogP contribution in [0, 0.1) is 0 Å². The Hall–Kier alpha value is -1.39. The van der Waals surface area contributed by atoms with E-state index in [2.05, 4.69) is 20.9 Å². The van der Waals surface area contributed by atoms with Crippen LogP contribution in [0.1, 0.15) is 17.5 Å². The summed E-state index contributed by atoms with van der Waals surface area (Å²) in [6.45, 7) is 1.24. The van der Waals surface area contributed by atoms with Crippen LogP contribution in [0.4, 0.5) is 0 Å². The first kappa shape index (κ1) is 14.0. The van der Waals surface area contributed by atoms with Crippen molar-refractivity contribution in [1.82, 2.24) is 4.98 Å². The highest BCUT2D eigenvalue weighted by Gasteiger charge is 2.01. The number of hydrogen-bond acceptors (Lipinski definition) is 3. The first-order valence-corrected chi connectivity index (χ1v) is 7.09. The van der Waals surface area contributed by atoms with Crippen molar-refractivity contribution in [2.45, 2.75) is 19.4 Å². The van der Waals surface area contributed by atoms with Crippen molar-refractivity contribution in [3.05, 3.63) is 58.3 Å². The van der Waals surface area contributed by atoms with E-state index in [9.17, 15) is 0 Å². The minimum absolute atomic E-state index is 0.531. The fourth-order valence-electron chi connectivity index (χ4n) is 1.80. The Morgan fingerprint density at radius 2 is 1.95 bits per heavy atom. The molecule has 1 aromatic carbocycles. The Morgan fingerprint density at radius 3 is 2.63 bits per heavy atom. The molecule has 0 unspecified atom stereocenters. The molecule has 0 aliphatic heterocycles. The van der Waals surface area contributed by atoms with Gasteiger partial charge in [0, 0.05) is 23.4 Å². The van der Waals surface area contributed by atoms with Crippen molar-refractivity contribution in [1.29, 1.82) is 0 Å². The van der Waals surface area contributed by atoms with E-state index in [4.69, 9.17) is 10.5 Å². The Bertz CT molecular complexity index is 517. The van der Waals surface area contributed by atoms with Crippen molar-refractivity contribution in [2.75, 3.05) is 6.61 Å². The second-order valence-electron chi connectivity index (χ2n) is 4.26. The van der Waals surface area contributed by atoms with Crippen molar-refractivity contribution < 1.29 is 4.74 Å². The molecule has 100 valence electrons. The Balaban J connectivity index is 1.78. The molecule has 0 aliphatic rings. The van der Waals surface area contributed by atoms with Crippen molar-refractivity contribution in [3.8, 4) is 5.75 Å². The number of aromatic nitrogens is 1. The van der Waals surface area contributed by atoms with Gasteiger partial charge in [0.05, 0.1) is 6.61 Å². The average molecular weight is 321 g/mol. The van der Waals surface area contributed by atoms with E-state index in [0.717, 1.165) is 28.6 Å². The quantitative estimate of drug-likeness (QED) is 0.831. The van der Waals surface area contributed by atoms with Crippen LogP contribution < -0.4 is 10.5 Å². The third-order valence-corrected chi connectivity index (χ3v) is 3.61. The molecular weight excluding hydrogens is 304 g/mol. The lowest BCUT2D eigenvalue weighted by Gasteiger charge is -2.08. The number of halogens is 1. The summed E-state index contributed by atoms with van der Waals surface area (Å²) in [5, 5.41) is 0. The predicted octanol–water partition coefficient (Wildman–Crippen LogP) is 3.31. The lowest BCUT2D eigenvalue weighted by Crippen LogP contribution is -2.01. The summed E-state index contributed by atoms with van der Waals surface area (Å²) in [6.07, 6.45) is 5.63. The zero-order valence-electron chi connectivity index (χ0n) is 10.7. The molecular formula is C15H17BrN2O. The first-order valence-electron chi connectivity index (χ1n) is 6.30. The van der Waals surface area contributed by atoms with Gasteiger partial charge in [0.1, 0.15) is 5.75 Å². The minimum atomic E-state index is 0.531. The summed E-state index contributed by atoms with van der Waals surface area (Å²) in [5.41, 5.74) is 7.99. The van der Waals surface area contributed by atoms with Crippen LogP contribution in [-0.4, -0.2) is 11.6 Å². The van der Waals surface area contributed by atoms with E-state index >= 15 is 0 Å². The fourth-order valence-corrected chi connectivity index (χ4v) is 2.32. The van der Waals surface area contributed by atoms with Crippen LogP contribution in [0.5, 0.6) is 5.75 Å². The maximum atomic E-state index is 5.72. The smallest absolute Gasteiger partial charge is 0.120 e. The zero-order chi connectivity index (χ0) is 13.5. The number of nitrogens with zero attached hydrogens (tertiary/aromatic N) is 1. The molecule has 0 radical (unpaired) electrons. The van der Waals surface area contributed by atoms with Crippen molar-refractivity contribution >= 4 is 15.9 Å². The van der Waals surface area contributed by atoms with Crippen LogP contribution in [0.15, 0.2) is 47.2 Å². The summed E-state index contributed by atoms with van der Waals surface area (Å²) in [6, 6.07) is 9.98. The van der Waals surface area contributed by atoms with Gasteiger partial charge in [-0.3, -0.25) is 4.98 Å². The maximum absolute atomic E-state index is 5.72. The molecule has 0 atom stereocenters. The number of rotatable bonds is 6. The van der Waals surface area contributed by atoms with Crippen molar-refractivity contribution in [2.24, 2.45) is 5.73 Å². The van der Waals surface area contributed by atoms with Gasteiger partial charge in [-0.15, -0.1) is 0 Å². The van der Waals surface area contributed by atoms with Crippen LogP contribution in [-0.2, 0) is 13.0 Å².